The molecule has 0 bridgehead atoms. The van der Waals surface area contributed by atoms with Gasteiger partial charge >= 0.3 is 6.18 Å². The molecule has 1 saturated heterocycles. The van der Waals surface area contributed by atoms with E-state index >= 15 is 0 Å². The van der Waals surface area contributed by atoms with Crippen molar-refractivity contribution in [3.05, 3.63) is 35.9 Å². The normalized spacial score (nSPS) is 19.1. The lowest BCUT2D eigenvalue weighted by molar-refractivity contribution is -0.141. The number of aromatic nitrogens is 4. The number of hydrogen-bond acceptors (Lipinski definition) is 6. The molecule has 154 valence electrons. The predicted octanol–water partition coefficient (Wildman–Crippen LogP) is 1.18. The summed E-state index contributed by atoms with van der Waals surface area (Å²) in [7, 11) is 1.82. The zero-order valence-electron chi connectivity index (χ0n) is 15.0. The van der Waals surface area contributed by atoms with Crippen LogP contribution in [0.5, 0.6) is 0 Å². The Hall–Kier alpha value is -2.40. The zero-order valence-corrected chi connectivity index (χ0v) is 15.8. The number of carbonyl (C=O) groups is 1. The summed E-state index contributed by atoms with van der Waals surface area (Å²) in [5, 5.41) is 12.8. The Bertz CT molecular complexity index is 799. The number of nitrogens with zero attached hydrogens (tertiary/aromatic N) is 4. The Kier molecular flexibility index (Phi) is 7.19. The molecule has 0 spiro atoms. The van der Waals surface area contributed by atoms with E-state index in [2.05, 4.69) is 31.0 Å². The molecule has 3 heterocycles. The minimum Gasteiger partial charge on any atom is -0.354 e. The van der Waals surface area contributed by atoms with Crippen molar-refractivity contribution < 1.29 is 18.0 Å². The standard InChI is InChI=1S/C16H20F3N7O.ClH/c1-26-9-10(6-24-26)11-7-20-8-12(11)14(27)21-4-5-23-15-22-3-2-13(25-15)16(17,18)19;/h2-3,6,9,11-12,20H,4-5,7-8H2,1H3,(H,21,27)(H,22,23,25);1H/t11-,12+;/m1./s1. The zero-order chi connectivity index (χ0) is 19.4. The van der Waals surface area contributed by atoms with Gasteiger partial charge in [0.15, 0.2) is 0 Å². The quantitative estimate of drug-likeness (QED) is 0.608. The summed E-state index contributed by atoms with van der Waals surface area (Å²) < 4.78 is 39.6. The number of halogens is 4. The van der Waals surface area contributed by atoms with E-state index in [0.29, 0.717) is 13.1 Å². The van der Waals surface area contributed by atoms with Gasteiger partial charge in [0.1, 0.15) is 5.69 Å². The van der Waals surface area contributed by atoms with Crippen LogP contribution in [0, 0.1) is 5.92 Å². The summed E-state index contributed by atoms with van der Waals surface area (Å²) in [6.45, 7) is 1.72. The number of amides is 1. The SMILES string of the molecule is Cl.Cn1cc([C@H]2CNC[C@@H]2C(=O)NCCNc2nccc(C(F)(F)F)n2)cn1. The molecule has 2 aromatic heterocycles. The number of nitrogens with one attached hydrogen (secondary N) is 3. The molecule has 1 fully saturated rings. The van der Waals surface area contributed by atoms with Crippen LogP contribution < -0.4 is 16.0 Å². The first-order valence-electron chi connectivity index (χ1n) is 8.45. The highest BCUT2D eigenvalue weighted by molar-refractivity contribution is 5.85. The average molecular weight is 420 g/mol. The second kappa shape index (κ2) is 9.20. The molecule has 2 atom stereocenters. The molecule has 1 aliphatic rings. The Labute approximate surface area is 165 Å². The van der Waals surface area contributed by atoms with Crippen LogP contribution in [0.25, 0.3) is 0 Å². The minimum atomic E-state index is -4.52. The summed E-state index contributed by atoms with van der Waals surface area (Å²) in [4.78, 5) is 19.6. The van der Waals surface area contributed by atoms with Crippen molar-refractivity contribution in [1.82, 2.24) is 30.4 Å². The van der Waals surface area contributed by atoms with Gasteiger partial charge in [-0.3, -0.25) is 9.48 Å². The van der Waals surface area contributed by atoms with Crippen LogP contribution in [0.15, 0.2) is 24.7 Å². The largest absolute Gasteiger partial charge is 0.433 e. The molecule has 0 saturated carbocycles. The fourth-order valence-corrected chi connectivity index (χ4v) is 3.03. The summed E-state index contributed by atoms with van der Waals surface area (Å²) >= 11 is 0. The smallest absolute Gasteiger partial charge is 0.354 e. The lowest BCUT2D eigenvalue weighted by Gasteiger charge is -2.17. The number of rotatable bonds is 6. The first-order chi connectivity index (χ1) is 12.8. The fraction of sp³-hybridized carbons (Fsp3) is 0.500. The van der Waals surface area contributed by atoms with Crippen LogP contribution in [-0.4, -0.2) is 51.8 Å². The van der Waals surface area contributed by atoms with E-state index in [0.717, 1.165) is 17.8 Å². The molecule has 0 aromatic carbocycles. The van der Waals surface area contributed by atoms with Gasteiger partial charge in [0.25, 0.3) is 0 Å². The van der Waals surface area contributed by atoms with Crippen molar-refractivity contribution in [2.45, 2.75) is 12.1 Å². The molecule has 3 N–H and O–H groups in total. The van der Waals surface area contributed by atoms with Crippen molar-refractivity contribution in [2.24, 2.45) is 13.0 Å². The number of alkyl halides is 3. The maximum absolute atomic E-state index is 12.6. The van der Waals surface area contributed by atoms with E-state index in [4.69, 9.17) is 0 Å². The first-order valence-corrected chi connectivity index (χ1v) is 8.45. The highest BCUT2D eigenvalue weighted by Gasteiger charge is 2.34. The molecule has 2 aromatic rings. The van der Waals surface area contributed by atoms with Crippen molar-refractivity contribution in [2.75, 3.05) is 31.5 Å². The predicted molar refractivity (Wildman–Crippen MR) is 98.1 cm³/mol. The number of anilines is 1. The Morgan fingerprint density at radius 1 is 1.36 bits per heavy atom. The van der Waals surface area contributed by atoms with Crippen LogP contribution in [-0.2, 0) is 18.0 Å². The van der Waals surface area contributed by atoms with Crippen molar-refractivity contribution >= 4 is 24.3 Å². The molecule has 0 aliphatic carbocycles. The third kappa shape index (κ3) is 5.32. The molecule has 3 rings (SSSR count). The van der Waals surface area contributed by atoms with Crippen molar-refractivity contribution in [1.29, 1.82) is 0 Å². The number of carbonyl (C=O) groups excluding carboxylic acids is 1. The van der Waals surface area contributed by atoms with E-state index in [-0.39, 0.29) is 49.2 Å². The van der Waals surface area contributed by atoms with E-state index in [9.17, 15) is 18.0 Å². The molecule has 12 heteroatoms. The highest BCUT2D eigenvalue weighted by atomic mass is 35.5. The van der Waals surface area contributed by atoms with Crippen LogP contribution in [0.1, 0.15) is 17.2 Å². The molecular formula is C16H21ClF3N7O. The van der Waals surface area contributed by atoms with Gasteiger partial charge < -0.3 is 16.0 Å². The Balaban J connectivity index is 0.00000280. The molecule has 28 heavy (non-hydrogen) atoms. The molecule has 8 nitrogen and oxygen atoms in total. The van der Waals surface area contributed by atoms with E-state index in [1.807, 2.05) is 13.2 Å². The van der Waals surface area contributed by atoms with Gasteiger partial charge in [-0.2, -0.15) is 18.3 Å². The number of hydrogen-bond donors (Lipinski definition) is 3. The maximum atomic E-state index is 12.6. The third-order valence-electron chi connectivity index (χ3n) is 4.36. The maximum Gasteiger partial charge on any atom is 0.433 e. The van der Waals surface area contributed by atoms with Gasteiger partial charge in [-0.1, -0.05) is 0 Å². The fourth-order valence-electron chi connectivity index (χ4n) is 3.03. The summed E-state index contributed by atoms with van der Waals surface area (Å²) in [5.74, 6) is -0.423. The number of aryl methyl sites for hydroxylation is 1. The second-order valence-corrected chi connectivity index (χ2v) is 6.30. The van der Waals surface area contributed by atoms with Gasteiger partial charge in [0.2, 0.25) is 11.9 Å². The Morgan fingerprint density at radius 2 is 2.14 bits per heavy atom. The van der Waals surface area contributed by atoms with Crippen molar-refractivity contribution in [3.63, 3.8) is 0 Å². The van der Waals surface area contributed by atoms with Crippen molar-refractivity contribution in [3.8, 4) is 0 Å². The van der Waals surface area contributed by atoms with Crippen LogP contribution in [0.2, 0.25) is 0 Å². The molecular weight excluding hydrogens is 399 g/mol. The van der Waals surface area contributed by atoms with Gasteiger partial charge in [-0.05, 0) is 11.6 Å². The summed E-state index contributed by atoms with van der Waals surface area (Å²) in [6.07, 6.45) is 0.165. The minimum absolute atomic E-state index is 0. The lowest BCUT2D eigenvalue weighted by atomic mass is 9.90. The van der Waals surface area contributed by atoms with Gasteiger partial charge in [-0.25, -0.2) is 9.97 Å². The van der Waals surface area contributed by atoms with Gasteiger partial charge in [0, 0.05) is 51.5 Å². The second-order valence-electron chi connectivity index (χ2n) is 6.30. The van der Waals surface area contributed by atoms with Crippen LogP contribution in [0.3, 0.4) is 0 Å². The monoisotopic (exact) mass is 419 g/mol. The van der Waals surface area contributed by atoms with E-state index < -0.39 is 11.9 Å². The average Bonchev–Trinajstić information content (AvgIpc) is 3.26. The molecule has 1 amide bonds. The first kappa shape index (κ1) is 21.9. The summed E-state index contributed by atoms with van der Waals surface area (Å²) in [6, 6.07) is 0.804. The van der Waals surface area contributed by atoms with Crippen LogP contribution >= 0.6 is 12.4 Å². The Morgan fingerprint density at radius 3 is 2.82 bits per heavy atom. The molecule has 1 aliphatic heterocycles. The topological polar surface area (TPSA) is 96.8 Å². The molecule has 0 radical (unpaired) electrons. The van der Waals surface area contributed by atoms with E-state index in [1.54, 1.807) is 10.9 Å². The third-order valence-corrected chi connectivity index (χ3v) is 4.36. The molecule has 0 unspecified atom stereocenters. The van der Waals surface area contributed by atoms with Crippen LogP contribution in [0.4, 0.5) is 19.1 Å². The van der Waals surface area contributed by atoms with E-state index in [1.165, 1.54) is 0 Å². The van der Waals surface area contributed by atoms with Gasteiger partial charge in [-0.15, -0.1) is 12.4 Å². The van der Waals surface area contributed by atoms with Gasteiger partial charge in [0.05, 0.1) is 12.1 Å². The lowest BCUT2D eigenvalue weighted by Crippen LogP contribution is -2.37. The summed E-state index contributed by atoms with van der Waals surface area (Å²) in [5.41, 5.74) is -0.0153. The highest BCUT2D eigenvalue weighted by Crippen LogP contribution is 2.28.